The van der Waals surface area contributed by atoms with E-state index in [4.69, 9.17) is 33.2 Å². The minimum atomic E-state index is 0. The van der Waals surface area contributed by atoms with Gasteiger partial charge in [-0.3, -0.25) is 4.90 Å². The molecule has 0 aliphatic carbocycles. The van der Waals surface area contributed by atoms with Crippen LogP contribution < -0.4 is 10.1 Å². The number of likely N-dealkylation sites (tertiary alicyclic amines) is 1. The zero-order valence-electron chi connectivity index (χ0n) is 21.2. The van der Waals surface area contributed by atoms with Crippen molar-refractivity contribution >= 4 is 29.3 Å². The Morgan fingerprint density at radius 2 is 1.94 bits per heavy atom. The average molecular weight is 531 g/mol. The van der Waals surface area contributed by atoms with E-state index in [0.717, 1.165) is 18.4 Å². The fourth-order valence-electron chi connectivity index (χ4n) is 4.66. The van der Waals surface area contributed by atoms with Gasteiger partial charge in [-0.25, -0.2) is 0 Å². The molecule has 2 aliphatic heterocycles. The molecule has 1 N–H and O–H groups in total. The first kappa shape index (κ1) is 30.2. The van der Waals surface area contributed by atoms with Crippen molar-refractivity contribution in [1.82, 2.24) is 10.2 Å². The van der Waals surface area contributed by atoms with Crippen LogP contribution in [0.2, 0.25) is 5.02 Å². The van der Waals surface area contributed by atoms with Crippen LogP contribution in [0.3, 0.4) is 0 Å². The standard InChI is InChI=1S/C17H24N2.C12H13Cl2NO.CH4/c1-3-4-16-11-15(6-5-14(16)2)7-10-19-12-17(13-19)8-9-18-17;1-2-3-9-6-10(8-15)12(11(14)7-9)16-5-4-13;/h3-6,11,18H,7-10,12-13H2,1-2H3;6-7H,2-5H2,1H3;1H4/b4-3-;;. The number of hydrogen-bond acceptors (Lipinski definition) is 4. The van der Waals surface area contributed by atoms with Crippen molar-refractivity contribution in [2.75, 3.05) is 38.7 Å². The number of aryl methyl sites for hydroxylation is 2. The van der Waals surface area contributed by atoms with Gasteiger partial charge in [0.15, 0.2) is 5.75 Å². The van der Waals surface area contributed by atoms with E-state index in [-0.39, 0.29) is 7.43 Å². The highest BCUT2D eigenvalue weighted by atomic mass is 35.5. The summed E-state index contributed by atoms with van der Waals surface area (Å²) in [5, 5.41) is 13.1. The van der Waals surface area contributed by atoms with Crippen LogP contribution >= 0.6 is 23.2 Å². The molecule has 0 radical (unpaired) electrons. The molecule has 196 valence electrons. The molecule has 4 rings (SSSR count). The summed E-state index contributed by atoms with van der Waals surface area (Å²) in [5.41, 5.74) is 6.23. The summed E-state index contributed by atoms with van der Waals surface area (Å²) in [7, 11) is 0. The SMILES string of the molecule is C.C/C=C\c1cc(CCN2CC3(CCN3)C2)ccc1C.CCCc1cc(Cl)c(OCCCl)c(C#N)c1. The molecule has 2 aliphatic rings. The van der Waals surface area contributed by atoms with Gasteiger partial charge in [-0.1, -0.05) is 62.7 Å². The minimum Gasteiger partial charge on any atom is -0.489 e. The molecule has 0 amide bonds. The Balaban J connectivity index is 0.000000251. The number of halogens is 2. The van der Waals surface area contributed by atoms with Crippen LogP contribution in [0.4, 0.5) is 0 Å². The monoisotopic (exact) mass is 529 g/mol. The van der Waals surface area contributed by atoms with E-state index in [0.29, 0.717) is 34.4 Å². The topological polar surface area (TPSA) is 48.3 Å². The van der Waals surface area contributed by atoms with Crippen LogP contribution in [-0.2, 0) is 12.8 Å². The second kappa shape index (κ2) is 14.6. The van der Waals surface area contributed by atoms with E-state index < -0.39 is 0 Å². The molecule has 4 nitrogen and oxygen atoms in total. The molecular weight excluding hydrogens is 489 g/mol. The fourth-order valence-corrected chi connectivity index (χ4v) is 5.03. The van der Waals surface area contributed by atoms with Crippen molar-refractivity contribution in [2.45, 2.75) is 59.4 Å². The van der Waals surface area contributed by atoms with E-state index in [1.807, 2.05) is 12.1 Å². The quantitative estimate of drug-likeness (QED) is 0.354. The van der Waals surface area contributed by atoms with Crippen molar-refractivity contribution in [1.29, 1.82) is 5.26 Å². The third-order valence-corrected chi connectivity index (χ3v) is 7.08. The Labute approximate surface area is 228 Å². The smallest absolute Gasteiger partial charge is 0.155 e. The largest absolute Gasteiger partial charge is 0.489 e. The summed E-state index contributed by atoms with van der Waals surface area (Å²) >= 11 is 11.6. The second-order valence-electron chi connectivity index (χ2n) is 9.46. The van der Waals surface area contributed by atoms with Crippen molar-refractivity contribution in [3.8, 4) is 11.8 Å². The summed E-state index contributed by atoms with van der Waals surface area (Å²) in [5.74, 6) is 0.808. The summed E-state index contributed by atoms with van der Waals surface area (Å²) in [6.45, 7) is 11.6. The predicted molar refractivity (Wildman–Crippen MR) is 154 cm³/mol. The molecule has 2 saturated heterocycles. The molecule has 0 saturated carbocycles. The number of benzene rings is 2. The third kappa shape index (κ3) is 7.98. The van der Waals surface area contributed by atoms with E-state index in [1.54, 1.807) is 0 Å². The molecule has 0 atom stereocenters. The van der Waals surface area contributed by atoms with Gasteiger partial charge in [0.05, 0.1) is 16.5 Å². The lowest BCUT2D eigenvalue weighted by Gasteiger charge is -2.56. The first-order valence-corrected chi connectivity index (χ1v) is 13.5. The Morgan fingerprint density at radius 3 is 2.53 bits per heavy atom. The zero-order valence-corrected chi connectivity index (χ0v) is 22.7. The molecule has 0 unspecified atom stereocenters. The average Bonchev–Trinajstić information content (AvgIpc) is 2.79. The van der Waals surface area contributed by atoms with Crippen LogP contribution in [0.5, 0.6) is 5.75 Å². The highest BCUT2D eigenvalue weighted by Gasteiger charge is 2.46. The maximum atomic E-state index is 9.01. The lowest BCUT2D eigenvalue weighted by atomic mass is 9.80. The van der Waals surface area contributed by atoms with Crippen LogP contribution in [0.25, 0.3) is 6.08 Å². The number of hydrogen-bond donors (Lipinski definition) is 1. The lowest BCUT2D eigenvalue weighted by Crippen LogP contribution is -2.75. The van der Waals surface area contributed by atoms with E-state index >= 15 is 0 Å². The lowest BCUT2D eigenvalue weighted by molar-refractivity contribution is -0.00432. The van der Waals surface area contributed by atoms with Gasteiger partial charge in [-0.2, -0.15) is 5.26 Å². The zero-order chi connectivity index (χ0) is 25.3. The van der Waals surface area contributed by atoms with Crippen molar-refractivity contribution < 1.29 is 4.74 Å². The Kier molecular flexibility index (Phi) is 12.3. The number of rotatable bonds is 9. The Morgan fingerprint density at radius 1 is 1.19 bits per heavy atom. The molecular formula is C30H41Cl2N3O. The van der Waals surface area contributed by atoms with Crippen LogP contribution in [-0.4, -0.2) is 49.1 Å². The van der Waals surface area contributed by atoms with Gasteiger partial charge in [-0.05, 0) is 74.0 Å². The Hall–Kier alpha value is -2.03. The van der Waals surface area contributed by atoms with Gasteiger partial charge in [0.25, 0.3) is 0 Å². The molecule has 0 aromatic heterocycles. The van der Waals surface area contributed by atoms with Crippen LogP contribution in [0.15, 0.2) is 36.4 Å². The summed E-state index contributed by atoms with van der Waals surface area (Å²) in [6, 6.07) is 12.6. The molecule has 0 bridgehead atoms. The van der Waals surface area contributed by atoms with Gasteiger partial charge in [-0.15, -0.1) is 11.6 Å². The molecule has 2 aromatic rings. The maximum absolute atomic E-state index is 9.01. The van der Waals surface area contributed by atoms with Crippen molar-refractivity contribution in [3.63, 3.8) is 0 Å². The minimum absolute atomic E-state index is 0. The third-order valence-electron chi connectivity index (χ3n) is 6.65. The van der Waals surface area contributed by atoms with Gasteiger partial charge in [0.2, 0.25) is 0 Å². The highest BCUT2D eigenvalue weighted by Crippen LogP contribution is 2.31. The van der Waals surface area contributed by atoms with E-state index in [1.165, 1.54) is 55.7 Å². The number of nitrogens with zero attached hydrogens (tertiary/aromatic N) is 2. The number of nitrogens with one attached hydrogen (secondary N) is 1. The molecule has 6 heteroatoms. The first-order valence-electron chi connectivity index (χ1n) is 12.5. The molecule has 36 heavy (non-hydrogen) atoms. The molecule has 1 spiro atoms. The van der Waals surface area contributed by atoms with Crippen molar-refractivity contribution in [2.24, 2.45) is 0 Å². The second-order valence-corrected chi connectivity index (χ2v) is 10.2. The van der Waals surface area contributed by atoms with Gasteiger partial charge >= 0.3 is 0 Å². The maximum Gasteiger partial charge on any atom is 0.155 e. The van der Waals surface area contributed by atoms with Gasteiger partial charge < -0.3 is 10.1 Å². The molecule has 2 aromatic carbocycles. The highest BCUT2D eigenvalue weighted by molar-refractivity contribution is 6.32. The number of ether oxygens (including phenoxy) is 1. The Bertz CT molecular complexity index is 1050. The van der Waals surface area contributed by atoms with E-state index in [2.05, 4.69) is 67.4 Å². The number of nitriles is 1. The summed E-state index contributed by atoms with van der Waals surface area (Å²) in [4.78, 5) is 2.57. The molecule has 2 heterocycles. The predicted octanol–water partition coefficient (Wildman–Crippen LogP) is 7.04. The van der Waals surface area contributed by atoms with Crippen LogP contribution in [0, 0.1) is 18.3 Å². The normalized spacial score (nSPS) is 15.8. The summed E-state index contributed by atoms with van der Waals surface area (Å²) in [6.07, 6.45) is 8.79. The number of alkyl halides is 1. The van der Waals surface area contributed by atoms with Crippen LogP contribution in [0.1, 0.15) is 61.9 Å². The van der Waals surface area contributed by atoms with Gasteiger partial charge in [0, 0.05) is 25.2 Å². The van der Waals surface area contributed by atoms with Gasteiger partial charge in [0.1, 0.15) is 12.7 Å². The van der Waals surface area contributed by atoms with E-state index in [9.17, 15) is 0 Å². The fraction of sp³-hybridized carbons (Fsp3) is 0.500. The van der Waals surface area contributed by atoms with Crippen molar-refractivity contribution in [3.05, 3.63) is 69.2 Å². The summed E-state index contributed by atoms with van der Waals surface area (Å²) < 4.78 is 5.35. The number of allylic oxidation sites excluding steroid dienone is 1. The molecule has 2 fully saturated rings. The first-order chi connectivity index (χ1) is 16.9.